The molecule has 130 valence electrons. The summed E-state index contributed by atoms with van der Waals surface area (Å²) in [4.78, 5) is 14.9. The molecule has 0 spiro atoms. The summed E-state index contributed by atoms with van der Waals surface area (Å²) in [6.07, 6.45) is 2.00. The van der Waals surface area contributed by atoms with Crippen LogP contribution in [0.5, 0.6) is 11.5 Å². The third kappa shape index (κ3) is 6.12. The van der Waals surface area contributed by atoms with E-state index in [1.807, 2.05) is 4.90 Å². The lowest BCUT2D eigenvalue weighted by atomic mass is 10.1. The molecule has 0 aromatic heterocycles. The van der Waals surface area contributed by atoms with Crippen LogP contribution < -0.4 is 9.47 Å². The van der Waals surface area contributed by atoms with E-state index >= 15 is 0 Å². The van der Waals surface area contributed by atoms with Crippen molar-refractivity contribution >= 4 is 5.91 Å². The quantitative estimate of drug-likeness (QED) is 0.683. The zero-order chi connectivity index (χ0) is 17.4. The van der Waals surface area contributed by atoms with Crippen LogP contribution in [0.2, 0.25) is 0 Å². The van der Waals surface area contributed by atoms with Crippen LogP contribution in [0.4, 0.5) is 0 Å². The summed E-state index contributed by atoms with van der Waals surface area (Å²) in [5, 5.41) is 0. The highest BCUT2D eigenvalue weighted by Gasteiger charge is 2.20. The first-order valence-corrected chi connectivity index (χ1v) is 8.40. The Kier molecular flexibility index (Phi) is 7.93. The van der Waals surface area contributed by atoms with E-state index in [0.717, 1.165) is 25.9 Å². The van der Waals surface area contributed by atoms with Crippen LogP contribution in [-0.2, 0) is 0 Å². The fourth-order valence-corrected chi connectivity index (χ4v) is 2.29. The smallest absolute Gasteiger partial charge is 0.257 e. The minimum Gasteiger partial charge on any atom is -0.497 e. The van der Waals surface area contributed by atoms with Crippen LogP contribution in [0.3, 0.4) is 0 Å². The molecule has 0 aliphatic carbocycles. The van der Waals surface area contributed by atoms with Crippen LogP contribution in [0.15, 0.2) is 18.2 Å². The van der Waals surface area contributed by atoms with Crippen LogP contribution in [0.25, 0.3) is 0 Å². The van der Waals surface area contributed by atoms with E-state index in [1.54, 1.807) is 32.4 Å². The fraction of sp³-hybridized carbons (Fsp3) is 0.632. The normalized spacial score (nSPS) is 11.0. The lowest BCUT2D eigenvalue weighted by Crippen LogP contribution is -2.34. The van der Waals surface area contributed by atoms with Crippen molar-refractivity contribution in [3.05, 3.63) is 23.8 Å². The third-order valence-electron chi connectivity index (χ3n) is 3.88. The zero-order valence-corrected chi connectivity index (χ0v) is 15.4. The van der Waals surface area contributed by atoms with Crippen LogP contribution in [0, 0.1) is 11.8 Å². The summed E-state index contributed by atoms with van der Waals surface area (Å²) < 4.78 is 10.6. The molecule has 1 amide bonds. The Balaban J connectivity index is 2.97. The molecule has 1 aromatic rings. The number of hydrogen-bond donors (Lipinski definition) is 0. The second-order valence-electron chi connectivity index (χ2n) is 6.72. The van der Waals surface area contributed by atoms with Gasteiger partial charge in [-0.1, -0.05) is 27.7 Å². The summed E-state index contributed by atoms with van der Waals surface area (Å²) >= 11 is 0. The molecule has 0 saturated carbocycles. The van der Waals surface area contributed by atoms with Crippen LogP contribution >= 0.6 is 0 Å². The maximum atomic E-state index is 13.0. The highest BCUT2D eigenvalue weighted by molar-refractivity contribution is 5.97. The molecule has 1 rings (SSSR count). The van der Waals surface area contributed by atoms with Crippen molar-refractivity contribution in [2.45, 2.75) is 40.5 Å². The maximum Gasteiger partial charge on any atom is 0.257 e. The van der Waals surface area contributed by atoms with Gasteiger partial charge in [0.1, 0.15) is 11.5 Å². The summed E-state index contributed by atoms with van der Waals surface area (Å²) in [5.74, 6) is 2.43. The third-order valence-corrected chi connectivity index (χ3v) is 3.88. The maximum absolute atomic E-state index is 13.0. The summed E-state index contributed by atoms with van der Waals surface area (Å²) in [7, 11) is 3.19. The topological polar surface area (TPSA) is 38.8 Å². The van der Waals surface area contributed by atoms with Crippen molar-refractivity contribution in [2.24, 2.45) is 11.8 Å². The largest absolute Gasteiger partial charge is 0.497 e. The Morgan fingerprint density at radius 3 is 2.00 bits per heavy atom. The van der Waals surface area contributed by atoms with Crippen molar-refractivity contribution in [2.75, 3.05) is 27.3 Å². The van der Waals surface area contributed by atoms with Gasteiger partial charge in [-0.2, -0.15) is 0 Å². The molecule has 0 bridgehead atoms. The predicted octanol–water partition coefficient (Wildman–Crippen LogP) is 4.24. The van der Waals surface area contributed by atoms with Gasteiger partial charge in [0.05, 0.1) is 19.8 Å². The number of nitrogens with zero attached hydrogens (tertiary/aromatic N) is 1. The average molecular weight is 321 g/mol. The molecule has 1 aromatic carbocycles. The van der Waals surface area contributed by atoms with Gasteiger partial charge in [-0.05, 0) is 36.8 Å². The fourth-order valence-electron chi connectivity index (χ4n) is 2.29. The molecular weight excluding hydrogens is 290 g/mol. The van der Waals surface area contributed by atoms with Gasteiger partial charge in [-0.25, -0.2) is 0 Å². The Hall–Kier alpha value is -1.71. The van der Waals surface area contributed by atoms with Crippen LogP contribution in [0.1, 0.15) is 50.9 Å². The van der Waals surface area contributed by atoms with E-state index in [9.17, 15) is 4.79 Å². The van der Waals surface area contributed by atoms with E-state index in [0.29, 0.717) is 28.9 Å². The minimum atomic E-state index is 0.0332. The predicted molar refractivity (Wildman–Crippen MR) is 94.4 cm³/mol. The molecule has 0 unspecified atom stereocenters. The van der Waals surface area contributed by atoms with Gasteiger partial charge in [-0.3, -0.25) is 4.79 Å². The Labute approximate surface area is 140 Å². The number of rotatable bonds is 9. The molecule has 0 radical (unpaired) electrons. The van der Waals surface area contributed by atoms with Gasteiger partial charge < -0.3 is 14.4 Å². The molecule has 23 heavy (non-hydrogen) atoms. The van der Waals surface area contributed by atoms with E-state index < -0.39 is 0 Å². The molecular formula is C19H31NO3. The number of carbonyl (C=O) groups is 1. The van der Waals surface area contributed by atoms with E-state index in [2.05, 4.69) is 27.7 Å². The van der Waals surface area contributed by atoms with Crippen molar-refractivity contribution < 1.29 is 14.3 Å². The number of hydrogen-bond acceptors (Lipinski definition) is 3. The minimum absolute atomic E-state index is 0.0332. The average Bonchev–Trinajstić information content (AvgIpc) is 2.53. The second-order valence-corrected chi connectivity index (χ2v) is 6.72. The number of methoxy groups -OCH3 is 2. The molecule has 0 atom stereocenters. The molecule has 0 N–H and O–H groups in total. The molecule has 0 saturated heterocycles. The highest BCUT2D eigenvalue weighted by Crippen LogP contribution is 2.26. The first kappa shape index (κ1) is 19.3. The summed E-state index contributed by atoms with van der Waals surface area (Å²) in [6.45, 7) is 10.3. The summed E-state index contributed by atoms with van der Waals surface area (Å²) in [6, 6.07) is 5.35. The van der Waals surface area contributed by atoms with E-state index in [-0.39, 0.29) is 5.91 Å². The molecule has 4 heteroatoms. The van der Waals surface area contributed by atoms with Gasteiger partial charge in [0, 0.05) is 19.2 Å². The number of amides is 1. The first-order chi connectivity index (χ1) is 10.9. The number of ether oxygens (including phenoxy) is 2. The van der Waals surface area contributed by atoms with Gasteiger partial charge >= 0.3 is 0 Å². The second kappa shape index (κ2) is 9.43. The van der Waals surface area contributed by atoms with Crippen molar-refractivity contribution in [3.63, 3.8) is 0 Å². The lowest BCUT2D eigenvalue weighted by Gasteiger charge is -2.25. The standard InChI is InChI=1S/C19H31NO3/c1-14(2)9-11-20(12-10-15(3)4)19(21)17-8-7-16(22-5)13-18(17)23-6/h7-8,13-15H,9-12H2,1-6H3. The monoisotopic (exact) mass is 321 g/mol. The summed E-state index contributed by atoms with van der Waals surface area (Å²) in [5.41, 5.74) is 0.598. The Morgan fingerprint density at radius 2 is 1.57 bits per heavy atom. The molecule has 4 nitrogen and oxygen atoms in total. The number of benzene rings is 1. The van der Waals surface area contributed by atoms with Crippen molar-refractivity contribution in [1.29, 1.82) is 0 Å². The van der Waals surface area contributed by atoms with Crippen molar-refractivity contribution in [3.8, 4) is 11.5 Å². The molecule has 0 heterocycles. The first-order valence-electron chi connectivity index (χ1n) is 8.40. The molecule has 0 aliphatic heterocycles. The van der Waals surface area contributed by atoms with Gasteiger partial charge in [0.25, 0.3) is 5.91 Å². The SMILES string of the molecule is COc1ccc(C(=O)N(CCC(C)C)CCC(C)C)c(OC)c1. The molecule has 0 fully saturated rings. The van der Waals surface area contributed by atoms with Crippen molar-refractivity contribution in [1.82, 2.24) is 4.90 Å². The van der Waals surface area contributed by atoms with Crippen LogP contribution in [-0.4, -0.2) is 38.1 Å². The van der Waals surface area contributed by atoms with Gasteiger partial charge in [-0.15, -0.1) is 0 Å². The number of carbonyl (C=O) groups excluding carboxylic acids is 1. The van der Waals surface area contributed by atoms with Gasteiger partial charge in [0.15, 0.2) is 0 Å². The Morgan fingerprint density at radius 1 is 1.00 bits per heavy atom. The van der Waals surface area contributed by atoms with Gasteiger partial charge in [0.2, 0.25) is 0 Å². The zero-order valence-electron chi connectivity index (χ0n) is 15.4. The van der Waals surface area contributed by atoms with E-state index in [4.69, 9.17) is 9.47 Å². The van der Waals surface area contributed by atoms with E-state index in [1.165, 1.54) is 0 Å². The Bertz CT molecular complexity index is 485. The molecule has 0 aliphatic rings. The lowest BCUT2D eigenvalue weighted by molar-refractivity contribution is 0.0737. The highest BCUT2D eigenvalue weighted by atomic mass is 16.5.